The molecule has 4 amide bonds. The zero-order valence-electron chi connectivity index (χ0n) is 54.3. The molecule has 0 bridgehead atoms. The van der Waals surface area contributed by atoms with Crippen molar-refractivity contribution in [2.75, 3.05) is 52.9 Å². The van der Waals surface area contributed by atoms with E-state index in [4.69, 9.17) is 71.1 Å². The number of ether oxygens (including phenoxy) is 15. The zero-order chi connectivity index (χ0) is 74.5. The van der Waals surface area contributed by atoms with Gasteiger partial charge >= 0.3 is 0 Å². The lowest BCUT2D eigenvalue weighted by Gasteiger charge is -2.51. The average Bonchev–Trinajstić information content (AvgIpc) is 0.773. The maximum absolute atomic E-state index is 13.1. The van der Waals surface area contributed by atoms with Crippen LogP contribution in [0.5, 0.6) is 0 Å². The maximum Gasteiger partial charge on any atom is 0.217 e. The Bertz CT molecular complexity index is 2630. The summed E-state index contributed by atoms with van der Waals surface area (Å²) in [5.41, 5.74) is 0. The van der Waals surface area contributed by atoms with Gasteiger partial charge in [0.1, 0.15) is 195 Å². The normalized spacial score (nSPS) is 48.3. The van der Waals surface area contributed by atoms with Crippen molar-refractivity contribution in [1.82, 2.24) is 21.3 Å². The summed E-state index contributed by atoms with van der Waals surface area (Å²) in [6.45, 7) is -4.43. The molecule has 8 fully saturated rings. The van der Waals surface area contributed by atoms with E-state index in [1.165, 1.54) is 0 Å². The first kappa shape index (κ1) is 83.0. The lowest BCUT2D eigenvalue weighted by molar-refractivity contribution is -0.383. The van der Waals surface area contributed by atoms with E-state index in [1.54, 1.807) is 0 Å². The predicted molar refractivity (Wildman–Crippen MR) is 311 cm³/mol. The molecule has 584 valence electrons. The monoisotopic (exact) mass is 1480 g/mol. The van der Waals surface area contributed by atoms with Gasteiger partial charge in [0.05, 0.1) is 52.9 Å². The molecule has 0 aromatic rings. The van der Waals surface area contributed by atoms with Gasteiger partial charge in [-0.05, 0) is 0 Å². The number of aliphatic hydroxyl groups is 22. The second kappa shape index (κ2) is 36.3. The van der Waals surface area contributed by atoms with Crippen LogP contribution in [0.4, 0.5) is 0 Å². The van der Waals surface area contributed by atoms with Gasteiger partial charge in [0.2, 0.25) is 23.6 Å². The van der Waals surface area contributed by atoms with Crippen molar-refractivity contribution in [3.8, 4) is 0 Å². The summed E-state index contributed by atoms with van der Waals surface area (Å²) in [6.07, 6.45) is -71.8. The summed E-state index contributed by atoms with van der Waals surface area (Å²) >= 11 is 0. The van der Waals surface area contributed by atoms with Crippen molar-refractivity contribution in [1.29, 1.82) is 0 Å². The lowest BCUT2D eigenvalue weighted by Crippen LogP contribution is -2.71. The summed E-state index contributed by atoms with van der Waals surface area (Å²) in [4.78, 5) is 50.8. The number of amides is 4. The van der Waals surface area contributed by atoms with Gasteiger partial charge in [0.15, 0.2) is 50.3 Å². The fourth-order valence-electron chi connectivity index (χ4n) is 13.2. The highest BCUT2D eigenvalue weighted by atomic mass is 16.8. The number of nitrogens with one attached hydrogen (secondary N) is 4. The van der Waals surface area contributed by atoms with Crippen LogP contribution in [0.1, 0.15) is 27.7 Å². The molecule has 8 rings (SSSR count). The molecule has 0 saturated carbocycles. The SMILES string of the molecule is CC(=O)N[C@H]1[C@H](O[C@H]2[C@H](O)[C@@H](O[C@H]3[C@H](O)[C@@H](CO)O[C@@H](O[C@H]4[C@H](O)[C@@H](O)[C@H](O[C@H]5[C@H](O)[C@@H](CO)O[C@@H](O[C@H]6[C@H](O)[C@@H](O)[C@H](O[C@H]7[C@H](O)[C@@H](CO)OC(O)[C@@H]7NC(C)=O)O[C@@H]6CO)[C@@H]5NC(C)=O)O[C@@H]4CO)[C@@H]3NC(C)=O)C(O)O[C@@H]2CO)O[C@H](CO)[C@@H](O)[C@@H]1O[C@@H]1O[C@H](CO)[C@@H](O)[C@H](O)[C@H]1O. The van der Waals surface area contributed by atoms with Gasteiger partial charge in [0.25, 0.3) is 0 Å². The highest BCUT2D eigenvalue weighted by molar-refractivity contribution is 5.74. The Hall–Kier alpha value is -3.60. The number of rotatable bonds is 26. The van der Waals surface area contributed by atoms with E-state index in [0.717, 1.165) is 27.7 Å². The van der Waals surface area contributed by atoms with Crippen LogP contribution in [0.3, 0.4) is 0 Å². The second-order valence-corrected chi connectivity index (χ2v) is 25.3. The van der Waals surface area contributed by atoms with Crippen molar-refractivity contribution in [3.05, 3.63) is 0 Å². The summed E-state index contributed by atoms with van der Waals surface area (Å²) in [5, 5.41) is 251. The predicted octanol–water partition coefficient (Wildman–Crippen LogP) is -17.9. The molecule has 0 spiro atoms. The van der Waals surface area contributed by atoms with Crippen molar-refractivity contribution >= 4 is 23.6 Å². The molecule has 8 aliphatic rings. The van der Waals surface area contributed by atoms with Gasteiger partial charge in [-0.3, -0.25) is 19.2 Å². The highest BCUT2D eigenvalue weighted by Crippen LogP contribution is 2.39. The average molecular weight is 1480 g/mol. The summed E-state index contributed by atoms with van der Waals surface area (Å²) in [6, 6.07) is -7.14. The molecule has 45 nitrogen and oxygen atoms in total. The van der Waals surface area contributed by atoms with Gasteiger partial charge in [0, 0.05) is 27.7 Å². The van der Waals surface area contributed by atoms with Gasteiger partial charge < -0.3 is 205 Å². The Morgan fingerprint density at radius 1 is 0.238 bits per heavy atom. The van der Waals surface area contributed by atoms with Gasteiger partial charge in [-0.2, -0.15) is 0 Å². The van der Waals surface area contributed by atoms with Crippen molar-refractivity contribution in [2.45, 2.75) is 273 Å². The molecular formula is C56H94N4O41. The van der Waals surface area contributed by atoms with E-state index in [-0.39, 0.29) is 0 Å². The highest BCUT2D eigenvalue weighted by Gasteiger charge is 2.61. The van der Waals surface area contributed by atoms with Crippen LogP contribution < -0.4 is 21.3 Å². The third-order valence-corrected chi connectivity index (χ3v) is 18.3. The Morgan fingerprint density at radius 3 is 0.812 bits per heavy atom. The van der Waals surface area contributed by atoms with Gasteiger partial charge in [-0.15, -0.1) is 0 Å². The minimum absolute atomic E-state index is 0.756. The van der Waals surface area contributed by atoms with Crippen LogP contribution in [0.15, 0.2) is 0 Å². The third-order valence-electron chi connectivity index (χ3n) is 18.3. The van der Waals surface area contributed by atoms with Crippen LogP contribution in [0.2, 0.25) is 0 Å². The van der Waals surface area contributed by atoms with Crippen LogP contribution in [0.25, 0.3) is 0 Å². The van der Waals surface area contributed by atoms with Crippen LogP contribution in [0, 0.1) is 0 Å². The molecule has 40 atom stereocenters. The fourth-order valence-corrected chi connectivity index (χ4v) is 13.2. The topological polar surface area (TPSA) is 700 Å². The van der Waals surface area contributed by atoms with E-state index in [0.29, 0.717) is 0 Å². The van der Waals surface area contributed by atoms with Crippen LogP contribution >= 0.6 is 0 Å². The molecule has 0 aliphatic carbocycles. The molecule has 101 heavy (non-hydrogen) atoms. The maximum atomic E-state index is 13.1. The number of carbonyl (C=O) groups excluding carboxylic acids is 4. The number of hydrogen-bond acceptors (Lipinski definition) is 41. The quantitative estimate of drug-likeness (QED) is 0.0382. The van der Waals surface area contributed by atoms with E-state index in [1.807, 2.05) is 0 Å². The number of hydrogen-bond donors (Lipinski definition) is 26. The van der Waals surface area contributed by atoms with Crippen molar-refractivity contribution in [3.63, 3.8) is 0 Å². The lowest BCUT2D eigenvalue weighted by atomic mass is 9.93. The van der Waals surface area contributed by atoms with E-state index < -0.39 is 322 Å². The van der Waals surface area contributed by atoms with Crippen LogP contribution in [-0.2, 0) is 90.2 Å². The number of aliphatic hydroxyl groups excluding tert-OH is 22. The standard InChI is InChI=1S/C56H94N4O41/c1-13(69)57-25-44(30(74)18(6-62)87-49(25)85)99-55-38(82)35(79)42(23(11-67)93-55)97-52-27(59-15(3)71)47(33(77)20(8-64)90-52)101-56-39(83)36(80)41(24(12-68)94-56)96-51-26(58-14(2)70)45(31(75)19(7-63)89-51)95-48-40(84)43(22(10-66)88-50(48)86)98-53-28(60-16(4)72)46(32(76)21(9-65)91-53)100-54-37(81)34(78)29(73)17(5-61)92-54/h17-56,61-68,73-86H,5-12H2,1-4H3,(H,57,69)(H,58,70)(H,59,71)(H,60,72)/t17-,18-,19-,20-,21-,22-,23-,24-,25-,26-,27-,28-,29-,30-,31-,32-,33-,34+,35-,36-,37-,38-,39-,40+,41-,42-,43-,44-,45-,46-,47-,48-,49?,50?,51+,52+,53+,54+,55+,56+/m1/s1. The molecule has 26 N–H and O–H groups in total. The first-order valence-corrected chi connectivity index (χ1v) is 32.1. The Kier molecular flexibility index (Phi) is 29.9. The number of carbonyl (C=O) groups is 4. The van der Waals surface area contributed by atoms with Gasteiger partial charge in [-0.25, -0.2) is 0 Å². The molecule has 0 aromatic heterocycles. The van der Waals surface area contributed by atoms with Crippen molar-refractivity contribution in [2.24, 2.45) is 0 Å². The minimum atomic E-state index is -2.38. The molecule has 8 aliphatic heterocycles. The summed E-state index contributed by atoms with van der Waals surface area (Å²) in [7, 11) is 0. The van der Waals surface area contributed by atoms with Crippen molar-refractivity contribution < 1.29 is 203 Å². The Morgan fingerprint density at radius 2 is 0.475 bits per heavy atom. The molecule has 8 saturated heterocycles. The third kappa shape index (κ3) is 18.3. The van der Waals surface area contributed by atoms with E-state index in [2.05, 4.69) is 21.3 Å². The zero-order valence-corrected chi connectivity index (χ0v) is 54.3. The molecular weight excluding hydrogens is 1380 g/mol. The van der Waals surface area contributed by atoms with Gasteiger partial charge in [-0.1, -0.05) is 0 Å². The largest absolute Gasteiger partial charge is 0.394 e. The summed E-state index contributed by atoms with van der Waals surface area (Å²) in [5.74, 6) is -3.50. The first-order chi connectivity index (χ1) is 47.8. The Balaban J connectivity index is 1.00. The van der Waals surface area contributed by atoms with E-state index in [9.17, 15) is 132 Å². The first-order valence-electron chi connectivity index (χ1n) is 32.1. The molecule has 0 radical (unpaired) electrons. The second-order valence-electron chi connectivity index (χ2n) is 25.3. The molecule has 8 heterocycles. The molecule has 2 unspecified atom stereocenters. The fraction of sp³-hybridized carbons (Fsp3) is 0.929. The minimum Gasteiger partial charge on any atom is -0.394 e. The Labute approximate surface area is 572 Å². The molecule has 0 aromatic carbocycles. The van der Waals surface area contributed by atoms with E-state index >= 15 is 0 Å². The van der Waals surface area contributed by atoms with Crippen LogP contribution in [-0.4, -0.2) is 434 Å². The molecule has 45 heteroatoms. The summed E-state index contributed by atoms with van der Waals surface area (Å²) < 4.78 is 87.4. The smallest absolute Gasteiger partial charge is 0.217 e.